The summed E-state index contributed by atoms with van der Waals surface area (Å²) in [6.45, 7) is 2.20. The van der Waals surface area contributed by atoms with Gasteiger partial charge >= 0.3 is 0 Å². The van der Waals surface area contributed by atoms with Crippen molar-refractivity contribution in [3.05, 3.63) is 59.4 Å². The van der Waals surface area contributed by atoms with Crippen LogP contribution in [0, 0.1) is 0 Å². The molecule has 1 aromatic carbocycles. The van der Waals surface area contributed by atoms with Gasteiger partial charge in [-0.2, -0.15) is 0 Å². The molecule has 0 spiro atoms. The number of pyridine rings is 1. The number of alkyl halides is 1. The molecular weight excluding hydrogens is 479 g/mol. The highest BCUT2D eigenvalue weighted by molar-refractivity contribution is 14.1. The molecule has 2 unspecified atom stereocenters. The van der Waals surface area contributed by atoms with Crippen LogP contribution in [0.2, 0.25) is 0 Å². The number of benzene rings is 1. The average Bonchev–Trinajstić information content (AvgIpc) is 2.93. The lowest BCUT2D eigenvalue weighted by Crippen LogP contribution is -2.25. The summed E-state index contributed by atoms with van der Waals surface area (Å²) in [6.07, 6.45) is 2.85. The van der Waals surface area contributed by atoms with Crippen molar-refractivity contribution < 1.29 is 19.4 Å². The third-order valence-electron chi connectivity index (χ3n) is 4.09. The van der Waals surface area contributed by atoms with Crippen LogP contribution in [0.4, 0.5) is 4.79 Å². The lowest BCUT2D eigenvalue weighted by molar-refractivity contribution is -0.118. The Hall–Kier alpha value is -1.65. The summed E-state index contributed by atoms with van der Waals surface area (Å²) in [6, 6.07) is 11.3. The van der Waals surface area contributed by atoms with Crippen molar-refractivity contribution in [1.82, 2.24) is 10.3 Å². The summed E-state index contributed by atoms with van der Waals surface area (Å²) in [5.74, 6) is 0.512. The molecule has 1 aromatic heterocycles. The van der Waals surface area contributed by atoms with Gasteiger partial charge in [-0.05, 0) is 59.7 Å². The first-order valence-corrected chi connectivity index (χ1v) is 10.4. The molecule has 1 fully saturated rings. The number of hydrogen-bond acceptors (Lipinski definition) is 6. The zero-order valence-corrected chi connectivity index (χ0v) is 17.6. The molecule has 0 radical (unpaired) electrons. The molecule has 6 nitrogen and oxygen atoms in total. The fraction of sp³-hybridized carbons (Fsp3) is 0.316. The van der Waals surface area contributed by atoms with E-state index in [0.29, 0.717) is 19.4 Å². The zero-order chi connectivity index (χ0) is 19.4. The van der Waals surface area contributed by atoms with Gasteiger partial charge in [-0.3, -0.25) is 19.9 Å². The van der Waals surface area contributed by atoms with E-state index >= 15 is 0 Å². The van der Waals surface area contributed by atoms with Crippen molar-refractivity contribution in [2.45, 2.75) is 28.6 Å². The number of hydrogen-bond donors (Lipinski definition) is 2. The van der Waals surface area contributed by atoms with E-state index in [1.807, 2.05) is 59.0 Å². The first-order chi connectivity index (χ1) is 12.8. The van der Waals surface area contributed by atoms with E-state index < -0.39 is 3.61 Å². The highest BCUT2D eigenvalue weighted by atomic mass is 127. The number of rotatable bonds is 7. The maximum atomic E-state index is 11.6. The first-order valence-electron chi connectivity index (χ1n) is 8.41. The number of nitrogens with zero attached hydrogens (tertiary/aromatic N) is 1. The van der Waals surface area contributed by atoms with Crippen LogP contribution in [0.1, 0.15) is 23.7 Å². The largest absolute Gasteiger partial charge is 0.493 e. The molecule has 1 aliphatic rings. The standard InChI is InChI=1S/C19H19IN2O4S/c1-19(20,25)13-4-5-14(21-11-13)8-9-26-15-6-2-12(3-7-15)10-16-17(23)22-18(24)27-16/h2-7,11,16,25H,8-10H2,1H3,(H,22,23,24). The number of nitrogens with one attached hydrogen (secondary N) is 1. The van der Waals surface area contributed by atoms with Crippen LogP contribution < -0.4 is 10.1 Å². The molecule has 142 valence electrons. The second kappa shape index (κ2) is 8.57. The normalized spacial score (nSPS) is 18.9. The van der Waals surface area contributed by atoms with E-state index in [1.54, 1.807) is 13.1 Å². The topological polar surface area (TPSA) is 88.5 Å². The fourth-order valence-electron chi connectivity index (χ4n) is 2.58. The van der Waals surface area contributed by atoms with Gasteiger partial charge in [0.05, 0.1) is 11.9 Å². The second-order valence-corrected chi connectivity index (χ2v) is 9.60. The quantitative estimate of drug-likeness (QED) is 0.451. The smallest absolute Gasteiger partial charge is 0.286 e. The van der Waals surface area contributed by atoms with Gasteiger partial charge in [-0.15, -0.1) is 0 Å². The van der Waals surface area contributed by atoms with Crippen LogP contribution in [0.3, 0.4) is 0 Å². The van der Waals surface area contributed by atoms with Gasteiger partial charge < -0.3 is 9.84 Å². The number of amides is 2. The monoisotopic (exact) mass is 498 g/mol. The minimum atomic E-state index is -0.924. The summed E-state index contributed by atoms with van der Waals surface area (Å²) in [5, 5.41) is 11.6. The Morgan fingerprint density at radius 1 is 1.26 bits per heavy atom. The van der Waals surface area contributed by atoms with Crippen molar-refractivity contribution >= 4 is 45.5 Å². The van der Waals surface area contributed by atoms with Gasteiger partial charge in [-0.1, -0.05) is 30.0 Å². The number of ether oxygens (including phenoxy) is 1. The Morgan fingerprint density at radius 3 is 2.56 bits per heavy atom. The number of imide groups is 1. The molecule has 2 atom stereocenters. The minimum absolute atomic E-state index is 0.229. The van der Waals surface area contributed by atoms with Gasteiger partial charge in [0.1, 0.15) is 9.36 Å². The fourth-order valence-corrected chi connectivity index (χ4v) is 3.76. The summed E-state index contributed by atoms with van der Waals surface area (Å²) >= 11 is 2.99. The van der Waals surface area contributed by atoms with Gasteiger partial charge in [-0.25, -0.2) is 0 Å². The van der Waals surface area contributed by atoms with Gasteiger partial charge in [0, 0.05) is 23.9 Å². The number of thioether (sulfide) groups is 1. The molecule has 0 bridgehead atoms. The molecule has 8 heteroatoms. The molecule has 2 aromatic rings. The van der Waals surface area contributed by atoms with Gasteiger partial charge in [0.25, 0.3) is 5.24 Å². The first kappa shape index (κ1) is 20.1. The summed E-state index contributed by atoms with van der Waals surface area (Å²) in [7, 11) is 0. The highest BCUT2D eigenvalue weighted by Gasteiger charge is 2.31. The molecule has 27 heavy (non-hydrogen) atoms. The summed E-state index contributed by atoms with van der Waals surface area (Å²) < 4.78 is 4.82. The summed E-state index contributed by atoms with van der Waals surface area (Å²) in [4.78, 5) is 27.2. The van der Waals surface area contributed by atoms with Crippen LogP contribution in [-0.2, 0) is 21.2 Å². The number of halogens is 1. The van der Waals surface area contributed by atoms with Gasteiger partial charge in [0.15, 0.2) is 0 Å². The number of carbonyl (C=O) groups excluding carboxylic acids is 2. The van der Waals surface area contributed by atoms with Crippen molar-refractivity contribution in [1.29, 1.82) is 0 Å². The van der Waals surface area contributed by atoms with Crippen molar-refractivity contribution in [3.63, 3.8) is 0 Å². The average molecular weight is 498 g/mol. The maximum Gasteiger partial charge on any atom is 0.286 e. The maximum absolute atomic E-state index is 11.6. The Labute approximate surface area is 175 Å². The second-order valence-electron chi connectivity index (χ2n) is 6.32. The Morgan fingerprint density at radius 2 is 2.00 bits per heavy atom. The SMILES string of the molecule is CC(O)(I)c1ccc(CCOc2ccc(CC3SC(=O)NC3=O)cc2)nc1. The predicted molar refractivity (Wildman–Crippen MR) is 112 cm³/mol. The van der Waals surface area contributed by atoms with E-state index in [-0.39, 0.29) is 16.4 Å². The van der Waals surface area contributed by atoms with Crippen LogP contribution in [0.25, 0.3) is 0 Å². The third-order valence-corrected chi connectivity index (χ3v) is 5.69. The van der Waals surface area contributed by atoms with Crippen LogP contribution in [-0.4, -0.2) is 33.1 Å². The van der Waals surface area contributed by atoms with Crippen LogP contribution in [0.15, 0.2) is 42.6 Å². The van der Waals surface area contributed by atoms with Gasteiger partial charge in [0.2, 0.25) is 5.91 Å². The lowest BCUT2D eigenvalue weighted by Gasteiger charge is -2.15. The molecule has 2 heterocycles. The molecule has 2 amide bonds. The lowest BCUT2D eigenvalue weighted by atomic mass is 10.1. The summed E-state index contributed by atoms with van der Waals surface area (Å²) in [5.41, 5.74) is 2.64. The van der Waals surface area contributed by atoms with E-state index in [1.165, 1.54) is 0 Å². The van der Waals surface area contributed by atoms with E-state index in [9.17, 15) is 14.7 Å². The minimum Gasteiger partial charge on any atom is -0.493 e. The molecular formula is C19H19IN2O4S. The molecule has 1 saturated heterocycles. The Balaban J connectivity index is 1.47. The third kappa shape index (κ3) is 5.66. The van der Waals surface area contributed by atoms with Crippen molar-refractivity contribution in [2.75, 3.05) is 6.61 Å². The Bertz CT molecular complexity index is 819. The van der Waals surface area contributed by atoms with E-state index in [4.69, 9.17) is 4.74 Å². The van der Waals surface area contributed by atoms with E-state index in [0.717, 1.165) is 34.3 Å². The molecule has 2 N–H and O–H groups in total. The molecule has 0 aliphatic carbocycles. The van der Waals surface area contributed by atoms with E-state index in [2.05, 4.69) is 10.3 Å². The number of aromatic nitrogens is 1. The zero-order valence-electron chi connectivity index (χ0n) is 14.6. The number of aliphatic hydroxyl groups is 1. The van der Waals surface area contributed by atoms with Crippen LogP contribution in [0.5, 0.6) is 5.75 Å². The Kier molecular flexibility index (Phi) is 6.38. The van der Waals surface area contributed by atoms with Crippen molar-refractivity contribution in [2.24, 2.45) is 0 Å². The van der Waals surface area contributed by atoms with Crippen molar-refractivity contribution in [3.8, 4) is 5.75 Å². The molecule has 1 aliphatic heterocycles. The molecule has 3 rings (SSSR count). The highest BCUT2D eigenvalue weighted by Crippen LogP contribution is 2.27. The van der Waals surface area contributed by atoms with Crippen LogP contribution >= 0.6 is 34.4 Å². The predicted octanol–water partition coefficient (Wildman–Crippen LogP) is 3.20. The number of carbonyl (C=O) groups is 2. The molecule has 0 saturated carbocycles.